The van der Waals surface area contributed by atoms with Crippen molar-refractivity contribution in [1.29, 1.82) is 0 Å². The Morgan fingerprint density at radius 3 is 2.41 bits per heavy atom. The second-order valence-corrected chi connectivity index (χ2v) is 8.08. The van der Waals surface area contributed by atoms with Crippen LogP contribution in [0, 0.1) is 0 Å². The van der Waals surface area contributed by atoms with Crippen LogP contribution in [0.5, 0.6) is 0 Å². The zero-order valence-corrected chi connectivity index (χ0v) is 17.0. The average Bonchev–Trinajstić information content (AvgIpc) is 3.04. The van der Waals surface area contributed by atoms with E-state index in [1.807, 2.05) is 24.3 Å². The number of amides is 1. The first-order valence-electron chi connectivity index (χ1n) is 8.85. The number of ether oxygens (including phenoxy) is 1. The lowest BCUT2D eigenvalue weighted by Gasteiger charge is -2.17. The Morgan fingerprint density at radius 2 is 1.81 bits per heavy atom. The number of methoxy groups -OCH3 is 1. The van der Waals surface area contributed by atoms with E-state index in [2.05, 4.69) is 5.32 Å². The van der Waals surface area contributed by atoms with E-state index in [9.17, 15) is 13.2 Å². The molecule has 0 aliphatic heterocycles. The van der Waals surface area contributed by atoms with Gasteiger partial charge in [0, 0.05) is 40.0 Å². The molecule has 0 aliphatic carbocycles. The van der Waals surface area contributed by atoms with Crippen molar-refractivity contribution in [1.82, 2.24) is 14.2 Å². The second kappa shape index (κ2) is 9.16. The molecule has 2 rings (SSSR count). The summed E-state index contributed by atoms with van der Waals surface area (Å²) in [4.78, 5) is 12.7. The van der Waals surface area contributed by atoms with Crippen LogP contribution in [0.15, 0.2) is 41.4 Å². The van der Waals surface area contributed by atoms with Gasteiger partial charge in [-0.25, -0.2) is 8.42 Å². The Kier molecular flexibility index (Phi) is 7.18. The molecule has 0 unspecified atom stereocenters. The first kappa shape index (κ1) is 21.1. The molecule has 0 bridgehead atoms. The van der Waals surface area contributed by atoms with Crippen molar-refractivity contribution in [2.45, 2.75) is 31.9 Å². The summed E-state index contributed by atoms with van der Waals surface area (Å²) < 4.78 is 33.4. The minimum Gasteiger partial charge on any atom is -0.380 e. The second-order valence-electron chi connectivity index (χ2n) is 6.15. The summed E-state index contributed by atoms with van der Waals surface area (Å²) >= 11 is 0. The Hall–Kier alpha value is -2.16. The quantitative estimate of drug-likeness (QED) is 0.708. The third kappa shape index (κ3) is 4.77. The van der Waals surface area contributed by atoms with Gasteiger partial charge in [-0.05, 0) is 17.2 Å². The summed E-state index contributed by atoms with van der Waals surface area (Å²) in [7, 11) is -0.318. The van der Waals surface area contributed by atoms with E-state index in [4.69, 9.17) is 4.74 Å². The van der Waals surface area contributed by atoms with Crippen LogP contribution in [0.1, 0.15) is 35.5 Å². The summed E-state index contributed by atoms with van der Waals surface area (Å²) in [6.45, 7) is 5.13. The fourth-order valence-corrected chi connectivity index (χ4v) is 4.44. The Balaban J connectivity index is 2.18. The minimum atomic E-state index is -3.60. The highest BCUT2D eigenvalue weighted by Crippen LogP contribution is 2.18. The summed E-state index contributed by atoms with van der Waals surface area (Å²) in [5.41, 5.74) is 2.25. The number of sulfonamides is 1. The Bertz CT molecular complexity index is 886. The minimum absolute atomic E-state index is 0.124. The van der Waals surface area contributed by atoms with Gasteiger partial charge in [0.25, 0.3) is 5.91 Å². The van der Waals surface area contributed by atoms with E-state index in [1.54, 1.807) is 28.0 Å². The highest BCUT2D eigenvalue weighted by atomic mass is 32.2. The number of hydrogen-bond acceptors (Lipinski definition) is 4. The monoisotopic (exact) mass is 393 g/mol. The van der Waals surface area contributed by atoms with Gasteiger partial charge in [0.05, 0.1) is 6.61 Å². The van der Waals surface area contributed by atoms with E-state index in [0.29, 0.717) is 31.9 Å². The number of carbonyl (C=O) groups is 1. The highest BCUT2D eigenvalue weighted by Gasteiger charge is 2.25. The Morgan fingerprint density at radius 1 is 1.19 bits per heavy atom. The molecule has 1 N–H and O–H groups in total. The van der Waals surface area contributed by atoms with Gasteiger partial charge in [0.15, 0.2) is 0 Å². The van der Waals surface area contributed by atoms with Crippen LogP contribution >= 0.6 is 0 Å². The van der Waals surface area contributed by atoms with Crippen molar-refractivity contribution in [3.05, 3.63) is 53.3 Å². The molecular formula is C19H27N3O4S. The van der Waals surface area contributed by atoms with Crippen LogP contribution in [0.25, 0.3) is 0 Å². The average molecular weight is 394 g/mol. The largest absolute Gasteiger partial charge is 0.380 e. The van der Waals surface area contributed by atoms with E-state index in [1.165, 1.54) is 21.1 Å². The molecule has 27 heavy (non-hydrogen) atoms. The van der Waals surface area contributed by atoms with Crippen molar-refractivity contribution in [3.63, 3.8) is 0 Å². The van der Waals surface area contributed by atoms with Crippen LogP contribution < -0.4 is 5.32 Å². The van der Waals surface area contributed by atoms with Crippen molar-refractivity contribution in [2.75, 3.05) is 20.2 Å². The molecule has 0 saturated heterocycles. The topological polar surface area (TPSA) is 80.6 Å². The van der Waals surface area contributed by atoms with Gasteiger partial charge >= 0.3 is 0 Å². The summed E-state index contributed by atoms with van der Waals surface area (Å²) in [5, 5.41) is 2.85. The zero-order valence-electron chi connectivity index (χ0n) is 16.2. The lowest BCUT2D eigenvalue weighted by molar-refractivity contribution is 0.0942. The van der Waals surface area contributed by atoms with E-state index >= 15 is 0 Å². The molecule has 148 valence electrons. The third-order valence-electron chi connectivity index (χ3n) is 4.41. The molecule has 8 heteroatoms. The molecule has 1 aromatic carbocycles. The number of aryl methyl sites for hydroxylation is 1. The number of nitrogens with one attached hydrogen (secondary N) is 1. The normalized spacial score (nSPS) is 11.7. The number of nitrogens with zero attached hydrogens (tertiary/aromatic N) is 2. The number of benzene rings is 1. The van der Waals surface area contributed by atoms with Crippen LogP contribution in [-0.4, -0.2) is 43.4 Å². The van der Waals surface area contributed by atoms with Crippen LogP contribution in [-0.2, 0) is 35.0 Å². The Labute approximate surface area is 161 Å². The number of carbonyl (C=O) groups excluding carboxylic acids is 1. The first-order chi connectivity index (χ1) is 12.8. The van der Waals surface area contributed by atoms with E-state index < -0.39 is 10.0 Å². The first-order valence-corrected chi connectivity index (χ1v) is 10.3. The lowest BCUT2D eigenvalue weighted by Crippen LogP contribution is -2.30. The summed E-state index contributed by atoms with van der Waals surface area (Å²) in [6, 6.07) is 9.11. The predicted molar refractivity (Wildman–Crippen MR) is 104 cm³/mol. The van der Waals surface area contributed by atoms with Crippen molar-refractivity contribution >= 4 is 15.9 Å². The number of aromatic nitrogens is 1. The molecular weight excluding hydrogens is 366 g/mol. The van der Waals surface area contributed by atoms with Crippen LogP contribution in [0.3, 0.4) is 0 Å². The summed E-state index contributed by atoms with van der Waals surface area (Å²) in [6.07, 6.45) is 1.47. The van der Waals surface area contributed by atoms with E-state index in [0.717, 1.165) is 11.1 Å². The molecule has 1 heterocycles. The molecule has 0 spiro atoms. The molecule has 1 aromatic heterocycles. The number of rotatable bonds is 9. The molecule has 0 atom stereocenters. The van der Waals surface area contributed by atoms with Crippen molar-refractivity contribution in [2.24, 2.45) is 7.05 Å². The number of hydrogen-bond donors (Lipinski definition) is 1. The molecule has 0 aliphatic rings. The predicted octanol–water partition coefficient (Wildman–Crippen LogP) is 2.13. The third-order valence-corrected chi connectivity index (χ3v) is 6.43. The maximum atomic E-state index is 12.6. The maximum absolute atomic E-state index is 12.6. The molecule has 1 amide bonds. The molecule has 0 saturated carbocycles. The fraction of sp³-hybridized carbons (Fsp3) is 0.421. The maximum Gasteiger partial charge on any atom is 0.268 e. The van der Waals surface area contributed by atoms with Crippen LogP contribution in [0.4, 0.5) is 0 Å². The molecule has 2 aromatic rings. The smallest absolute Gasteiger partial charge is 0.268 e. The fourth-order valence-electron chi connectivity index (χ4n) is 2.91. The van der Waals surface area contributed by atoms with Gasteiger partial charge in [0.2, 0.25) is 10.0 Å². The van der Waals surface area contributed by atoms with Gasteiger partial charge in [-0.1, -0.05) is 38.1 Å². The zero-order chi connectivity index (χ0) is 20.0. The SMILES string of the molecule is CCN(CC)S(=O)(=O)c1cc(C(=O)NCc2ccccc2COC)n(C)c1. The molecule has 0 radical (unpaired) electrons. The van der Waals surface area contributed by atoms with Gasteiger partial charge in [-0.15, -0.1) is 0 Å². The van der Waals surface area contributed by atoms with Crippen LogP contribution in [0.2, 0.25) is 0 Å². The highest BCUT2D eigenvalue weighted by molar-refractivity contribution is 7.89. The standard InChI is InChI=1S/C19H27N3O4S/c1-5-22(6-2)27(24,25)17-11-18(21(3)13-17)19(23)20-12-15-9-7-8-10-16(15)14-26-4/h7-11,13H,5-6,12,14H2,1-4H3,(H,20,23). The van der Waals surface area contributed by atoms with Crippen molar-refractivity contribution < 1.29 is 17.9 Å². The molecule has 0 fully saturated rings. The van der Waals surface area contributed by atoms with Gasteiger partial charge < -0.3 is 14.6 Å². The molecule has 7 nitrogen and oxygen atoms in total. The lowest BCUT2D eigenvalue weighted by atomic mass is 10.1. The van der Waals surface area contributed by atoms with Gasteiger partial charge in [0.1, 0.15) is 10.6 Å². The van der Waals surface area contributed by atoms with Crippen molar-refractivity contribution in [3.8, 4) is 0 Å². The van der Waals surface area contributed by atoms with Gasteiger partial charge in [-0.3, -0.25) is 4.79 Å². The van der Waals surface area contributed by atoms with Gasteiger partial charge in [-0.2, -0.15) is 4.31 Å². The van der Waals surface area contributed by atoms with E-state index in [-0.39, 0.29) is 10.8 Å². The summed E-state index contributed by atoms with van der Waals surface area (Å²) in [5.74, 6) is -0.328.